The van der Waals surface area contributed by atoms with E-state index in [4.69, 9.17) is 0 Å². The quantitative estimate of drug-likeness (QED) is 0.0614. The zero-order chi connectivity index (χ0) is 79.6. The van der Waals surface area contributed by atoms with Gasteiger partial charge in [0, 0.05) is 65.2 Å². The van der Waals surface area contributed by atoms with Crippen LogP contribution in [0.25, 0.3) is 22.1 Å². The Kier molecular flexibility index (Phi) is 38.6. The zero-order valence-corrected chi connectivity index (χ0v) is 59.3. The molecule has 0 aliphatic carbocycles. The number of hydrogen-bond donors (Lipinski definition) is 2. The maximum absolute atomic E-state index is 12.5. The van der Waals surface area contributed by atoms with Gasteiger partial charge in [-0.25, -0.2) is 9.97 Å². The predicted octanol–water partition coefficient (Wildman–Crippen LogP) is 6.63. The molecule has 2 aliphatic rings. The first kappa shape index (κ1) is 101. The molecule has 44 heteroatoms. The summed E-state index contributed by atoms with van der Waals surface area (Å²) in [6.45, 7) is 19.4. The van der Waals surface area contributed by atoms with Crippen LogP contribution in [-0.4, -0.2) is 145 Å². The van der Waals surface area contributed by atoms with Gasteiger partial charge in [-0.2, -0.15) is 79.0 Å². The fraction of sp³-hybridized carbons (Fsp3) is 0.414. The molecule has 0 unspecified atom stereocenters. The molecule has 0 atom stereocenters. The van der Waals surface area contributed by atoms with Crippen molar-refractivity contribution in [1.82, 2.24) is 19.9 Å². The van der Waals surface area contributed by atoms with E-state index in [0.717, 1.165) is 82.6 Å². The summed E-state index contributed by atoms with van der Waals surface area (Å²) in [5, 5.41) is 84.3. The smallest absolute Gasteiger partial charge is 0.869 e. The number of para-hydroxylation sites is 4. The molecule has 0 saturated carbocycles. The Morgan fingerprint density at radius 2 is 0.520 bits per heavy atom. The summed E-state index contributed by atoms with van der Waals surface area (Å²) in [5.74, 6) is -17.4. The molecule has 0 amide bonds. The van der Waals surface area contributed by atoms with Crippen molar-refractivity contribution in [2.75, 3.05) is 0 Å². The minimum absolute atomic E-state index is 0. The number of halogens is 18. The van der Waals surface area contributed by atoms with Crippen LogP contribution in [-0.2, 0) is 28.8 Å². The number of nitroso groups, excluding NO2 is 2. The number of imidazole rings is 2. The Hall–Kier alpha value is -7.83. The van der Waals surface area contributed by atoms with Crippen LogP contribution in [0.1, 0.15) is 109 Å². The predicted molar refractivity (Wildman–Crippen MR) is 300 cm³/mol. The normalized spacial score (nSPS) is 16.1. The summed E-state index contributed by atoms with van der Waals surface area (Å²) in [4.78, 5) is 99.3. The van der Waals surface area contributed by atoms with Crippen molar-refractivity contribution >= 4 is 68.4 Å². The third kappa shape index (κ3) is 31.4. The maximum atomic E-state index is 12.5. The van der Waals surface area contributed by atoms with Crippen molar-refractivity contribution in [2.45, 2.75) is 156 Å². The molecule has 0 fully saturated rings. The van der Waals surface area contributed by atoms with Crippen molar-refractivity contribution in [3.8, 4) is 0 Å². The molecule has 568 valence electrons. The molecule has 4 heterocycles. The first-order valence-corrected chi connectivity index (χ1v) is 26.9. The Balaban J connectivity index is -0.000000551. The van der Waals surface area contributed by atoms with Crippen molar-refractivity contribution in [2.24, 2.45) is 0 Å². The number of nitrogens with zero attached hydrogens (tertiary/aromatic N) is 6. The van der Waals surface area contributed by atoms with Gasteiger partial charge in [-0.3, -0.25) is 28.8 Å². The minimum Gasteiger partial charge on any atom is -0.869 e. The van der Waals surface area contributed by atoms with E-state index in [9.17, 15) is 159 Å². The molecular weight excluding hydrogens is 1720 g/mol. The topological polar surface area (TPSA) is 390 Å². The van der Waals surface area contributed by atoms with E-state index in [-0.39, 0.29) is 128 Å². The number of aromatic nitrogens is 4. The standard InChI is InChI=1S/2C14H17N4O2.6C5H5F3O2.2Gd/c2*1-13(2)14(3,4)18(20)12(17(13)19)11-15-9-7-5-6-8-10(9)16-11;6*1-3(9)2-4(10)5(6,7)8;;/h2*5-8H,1-4H3,(H,15,16);6*2,10H,1H3;;/q2*+1;;;;;;;2*+2/p-6/b;;6*4-2-;;. The van der Waals surface area contributed by atoms with Gasteiger partial charge in [0.1, 0.15) is 9.52 Å². The van der Waals surface area contributed by atoms with Crippen LogP contribution >= 0.6 is 0 Å². The van der Waals surface area contributed by atoms with Crippen LogP contribution in [0.2, 0.25) is 0 Å². The van der Waals surface area contributed by atoms with E-state index in [1.54, 1.807) is 55.4 Å². The number of alkyl halides is 18. The Morgan fingerprint density at radius 3 is 0.637 bits per heavy atom. The molecular formula is C58H58F18Gd2N8O16. The number of allylic oxidation sites excluding steroid dienone is 12. The minimum atomic E-state index is -4.92. The number of rotatable bonds is 8. The second-order valence-electron chi connectivity index (χ2n) is 22.0. The summed E-state index contributed by atoms with van der Waals surface area (Å²) in [6, 6.07) is 14.9. The number of benzene rings is 2. The van der Waals surface area contributed by atoms with Crippen LogP contribution in [0, 0.1) is 100 Å². The Bertz CT molecular complexity index is 3430. The monoisotopic (exact) mass is 1780 g/mol. The second-order valence-corrected chi connectivity index (χ2v) is 22.0. The van der Waals surface area contributed by atoms with E-state index in [2.05, 4.69) is 19.9 Å². The number of hydrogen-bond acceptors (Lipinski definition) is 18. The fourth-order valence-electron chi connectivity index (χ4n) is 6.32. The molecule has 0 radical (unpaired) electrons. The Labute approximate surface area is 628 Å². The number of fused-ring (bicyclic) bond motifs is 2. The van der Waals surface area contributed by atoms with Crippen LogP contribution in [0.4, 0.5) is 79.0 Å². The molecule has 0 spiro atoms. The van der Waals surface area contributed by atoms with Gasteiger partial charge in [0.05, 0.1) is 22.1 Å². The molecule has 24 nitrogen and oxygen atoms in total. The van der Waals surface area contributed by atoms with Crippen LogP contribution in [0.3, 0.4) is 0 Å². The third-order valence-electron chi connectivity index (χ3n) is 12.7. The molecule has 2 aromatic heterocycles. The Morgan fingerprint density at radius 1 is 0.353 bits per heavy atom. The first-order valence-electron chi connectivity index (χ1n) is 26.9. The van der Waals surface area contributed by atoms with Crippen molar-refractivity contribution in [3.05, 3.63) is 151 Å². The van der Waals surface area contributed by atoms with Crippen LogP contribution in [0.15, 0.2) is 120 Å². The molecule has 102 heavy (non-hydrogen) atoms. The molecule has 0 bridgehead atoms. The number of carbonyl (C=O) groups excluding carboxylic acids is 6. The largest absolute Gasteiger partial charge is 2.00 e. The molecule has 2 aromatic carbocycles. The maximum Gasteiger partial charge on any atom is 2.00 e. The van der Waals surface area contributed by atoms with E-state index >= 15 is 0 Å². The van der Waals surface area contributed by atoms with E-state index < -0.39 is 128 Å². The average molecular weight is 1780 g/mol. The summed E-state index contributed by atoms with van der Waals surface area (Å²) in [6.07, 6.45) is -29.5. The van der Waals surface area contributed by atoms with E-state index in [0.29, 0.717) is 11.6 Å². The average Bonchev–Trinajstić information content (AvgIpc) is 1.58. The van der Waals surface area contributed by atoms with Gasteiger partial charge >= 0.3 is 129 Å². The summed E-state index contributed by atoms with van der Waals surface area (Å²) < 4.78 is 206. The number of hydroxylamine groups is 2. The number of H-pyrrole nitrogens is 2. The fourth-order valence-corrected chi connectivity index (χ4v) is 6.32. The number of ketones is 6. The molecule has 0 saturated heterocycles. The van der Waals surface area contributed by atoms with Gasteiger partial charge in [0.2, 0.25) is 11.1 Å². The number of nitrogens with one attached hydrogen (secondary N) is 2. The number of amidine groups is 2. The van der Waals surface area contributed by atoms with Gasteiger partial charge in [-0.1, -0.05) is 24.3 Å². The van der Waals surface area contributed by atoms with Gasteiger partial charge < -0.3 is 51.0 Å². The number of aromatic amines is 2. The summed E-state index contributed by atoms with van der Waals surface area (Å²) in [5.41, 5.74) is -0.240. The molecule has 2 N–H and O–H groups in total. The van der Waals surface area contributed by atoms with Crippen molar-refractivity contribution in [3.63, 3.8) is 0 Å². The molecule has 4 aromatic rings. The third-order valence-corrected chi connectivity index (χ3v) is 12.7. The van der Waals surface area contributed by atoms with Gasteiger partial charge in [0.25, 0.3) is 22.7 Å². The van der Waals surface area contributed by atoms with Gasteiger partial charge in [-0.05, 0) is 137 Å². The van der Waals surface area contributed by atoms with E-state index in [1.807, 2.05) is 48.5 Å². The first-order chi connectivity index (χ1) is 44.6. The zero-order valence-electron chi connectivity index (χ0n) is 54.8. The van der Waals surface area contributed by atoms with Gasteiger partial charge in [-0.15, -0.1) is 9.48 Å². The SMILES string of the molecule is CC(=O)/C=C(\[O-])C(F)(F)F.CC(=O)/C=C(\[O-])C(F)(F)F.CC(=O)/C=C(\[O-])C(F)(F)F.CC(=O)/C=C(\[O-])C(F)(F)F.CC(=O)/C=C(\[O-])C(F)(F)F.CC(=O)/C=C(\[O-])C(F)(F)F.CC1(C)[N+](=O)C(c2nc3ccccc3[nH]2)=[N+]([O-])C1(C)C.CC1(C)[N+](=O)C(c2nc3ccccc3[nH]2)=[N+]([O-])C1(C)C.[Gd+2].[Gd+2]. The van der Waals surface area contributed by atoms with E-state index in [1.165, 1.54) is 0 Å². The van der Waals surface area contributed by atoms with Crippen LogP contribution in [0.5, 0.6) is 0 Å². The van der Waals surface area contributed by atoms with Crippen molar-refractivity contribution < 1.29 is 237 Å². The van der Waals surface area contributed by atoms with Crippen molar-refractivity contribution in [1.29, 1.82) is 0 Å². The second kappa shape index (κ2) is 39.2. The summed E-state index contributed by atoms with van der Waals surface area (Å²) in [7, 11) is 0. The number of carbonyl (C=O) groups is 6. The van der Waals surface area contributed by atoms with Crippen LogP contribution < -0.4 is 30.6 Å². The van der Waals surface area contributed by atoms with Gasteiger partial charge in [0.15, 0.2) is 34.7 Å². The molecule has 6 rings (SSSR count). The summed E-state index contributed by atoms with van der Waals surface area (Å²) >= 11 is 0. The molecule has 2 aliphatic heterocycles.